The summed E-state index contributed by atoms with van der Waals surface area (Å²) in [6.45, 7) is 4.49. The van der Waals surface area contributed by atoms with Gasteiger partial charge in [0.2, 0.25) is 0 Å². The third-order valence-corrected chi connectivity index (χ3v) is 5.69. The van der Waals surface area contributed by atoms with E-state index in [4.69, 9.17) is 0 Å². The number of carbonyl (C=O) groups is 1. The molecule has 0 aliphatic carbocycles. The number of hydrogen-bond donors (Lipinski definition) is 1. The van der Waals surface area contributed by atoms with Crippen molar-refractivity contribution in [1.29, 1.82) is 0 Å². The van der Waals surface area contributed by atoms with Crippen molar-refractivity contribution >= 4 is 34.2 Å². The first kappa shape index (κ1) is 16.0. The molecule has 1 N–H and O–H groups in total. The molecule has 4 aromatic heterocycles. The third-order valence-electron chi connectivity index (χ3n) is 3.80. The van der Waals surface area contributed by atoms with E-state index in [-0.39, 0.29) is 5.91 Å². The van der Waals surface area contributed by atoms with Crippen LogP contribution >= 0.6 is 22.7 Å². The van der Waals surface area contributed by atoms with Crippen LogP contribution in [0, 0.1) is 13.8 Å². The molecule has 1 amide bonds. The standard InChI is InChI=1S/C18H16N4OS2/c1-11-5-6-22-9-14(21-17(22)7-11)18(23)19-8-13-3-4-16(25-13)15-10-24-12(2)20-15/h3-7,9-10H,8H2,1-2H3,(H,19,23). The van der Waals surface area contributed by atoms with E-state index in [2.05, 4.69) is 20.7 Å². The molecular formula is C18H16N4OS2. The molecule has 4 heterocycles. The van der Waals surface area contributed by atoms with Crippen molar-refractivity contribution in [1.82, 2.24) is 19.7 Å². The first-order valence-electron chi connectivity index (χ1n) is 7.83. The van der Waals surface area contributed by atoms with Gasteiger partial charge in [-0.25, -0.2) is 9.97 Å². The van der Waals surface area contributed by atoms with Crippen molar-refractivity contribution < 1.29 is 4.79 Å². The Labute approximate surface area is 153 Å². The van der Waals surface area contributed by atoms with E-state index in [9.17, 15) is 4.79 Å². The summed E-state index contributed by atoms with van der Waals surface area (Å²) in [7, 11) is 0. The highest BCUT2D eigenvalue weighted by Crippen LogP contribution is 2.28. The maximum atomic E-state index is 12.4. The summed E-state index contributed by atoms with van der Waals surface area (Å²) in [6.07, 6.45) is 3.66. The molecule has 4 aromatic rings. The van der Waals surface area contributed by atoms with Crippen LogP contribution in [-0.2, 0) is 6.54 Å². The lowest BCUT2D eigenvalue weighted by atomic mass is 10.3. The zero-order valence-electron chi connectivity index (χ0n) is 13.8. The molecule has 0 spiro atoms. The zero-order valence-corrected chi connectivity index (χ0v) is 15.4. The molecule has 0 aliphatic rings. The Morgan fingerprint density at radius 1 is 1.24 bits per heavy atom. The number of aryl methyl sites for hydroxylation is 2. The Morgan fingerprint density at radius 2 is 2.12 bits per heavy atom. The van der Waals surface area contributed by atoms with Gasteiger partial charge >= 0.3 is 0 Å². The number of pyridine rings is 1. The van der Waals surface area contributed by atoms with Crippen LogP contribution in [0.2, 0.25) is 0 Å². The SMILES string of the molecule is Cc1ccn2cc(C(=O)NCc3ccc(-c4csc(C)n4)s3)nc2c1. The van der Waals surface area contributed by atoms with E-state index < -0.39 is 0 Å². The van der Waals surface area contributed by atoms with Gasteiger partial charge < -0.3 is 9.72 Å². The Hall–Kier alpha value is -2.51. The number of thiophene rings is 1. The van der Waals surface area contributed by atoms with Crippen LogP contribution < -0.4 is 5.32 Å². The average molecular weight is 368 g/mol. The van der Waals surface area contributed by atoms with Crippen molar-refractivity contribution in [3.8, 4) is 10.6 Å². The number of nitrogens with one attached hydrogen (secondary N) is 1. The quantitative estimate of drug-likeness (QED) is 0.591. The molecule has 7 heteroatoms. The van der Waals surface area contributed by atoms with Crippen molar-refractivity contribution in [2.45, 2.75) is 20.4 Å². The summed E-state index contributed by atoms with van der Waals surface area (Å²) in [4.78, 5) is 23.5. The van der Waals surface area contributed by atoms with Gasteiger partial charge in [0, 0.05) is 22.7 Å². The molecule has 0 fully saturated rings. The monoisotopic (exact) mass is 368 g/mol. The predicted octanol–water partition coefficient (Wildman–Crippen LogP) is 4.07. The van der Waals surface area contributed by atoms with Gasteiger partial charge in [0.1, 0.15) is 11.3 Å². The fourth-order valence-electron chi connectivity index (χ4n) is 2.54. The molecular weight excluding hydrogens is 352 g/mol. The average Bonchev–Trinajstić information content (AvgIpc) is 3.30. The molecule has 0 atom stereocenters. The minimum Gasteiger partial charge on any atom is -0.346 e. The van der Waals surface area contributed by atoms with Crippen LogP contribution in [0.5, 0.6) is 0 Å². The fourth-order valence-corrected chi connectivity index (χ4v) is 4.13. The van der Waals surface area contributed by atoms with Crippen molar-refractivity contribution in [3.63, 3.8) is 0 Å². The number of hydrogen-bond acceptors (Lipinski definition) is 5. The highest BCUT2D eigenvalue weighted by atomic mass is 32.1. The van der Waals surface area contributed by atoms with Crippen LogP contribution in [0.3, 0.4) is 0 Å². The van der Waals surface area contributed by atoms with Gasteiger partial charge in [0.25, 0.3) is 5.91 Å². The van der Waals surface area contributed by atoms with Crippen LogP contribution in [-0.4, -0.2) is 20.3 Å². The molecule has 0 unspecified atom stereocenters. The molecule has 0 bridgehead atoms. The summed E-state index contributed by atoms with van der Waals surface area (Å²) in [6, 6.07) is 8.03. The van der Waals surface area contributed by atoms with Gasteiger partial charge in [-0.2, -0.15) is 0 Å². The second kappa shape index (κ2) is 6.42. The Kier molecular flexibility index (Phi) is 4.10. The number of imidazole rings is 1. The number of rotatable bonds is 4. The Morgan fingerprint density at radius 3 is 2.92 bits per heavy atom. The second-order valence-electron chi connectivity index (χ2n) is 5.80. The smallest absolute Gasteiger partial charge is 0.271 e. The normalized spacial score (nSPS) is 11.1. The van der Waals surface area contributed by atoms with Crippen molar-refractivity contribution in [2.75, 3.05) is 0 Å². The molecule has 0 aromatic carbocycles. The minimum atomic E-state index is -0.166. The number of aromatic nitrogens is 3. The van der Waals surface area contributed by atoms with E-state index >= 15 is 0 Å². The van der Waals surface area contributed by atoms with Crippen LogP contribution in [0.25, 0.3) is 16.2 Å². The summed E-state index contributed by atoms with van der Waals surface area (Å²) in [5.41, 5.74) is 3.33. The third kappa shape index (κ3) is 3.33. The van der Waals surface area contributed by atoms with Crippen LogP contribution in [0.4, 0.5) is 0 Å². The fraction of sp³-hybridized carbons (Fsp3) is 0.167. The highest BCUT2D eigenvalue weighted by Gasteiger charge is 2.12. The van der Waals surface area contributed by atoms with Gasteiger partial charge in [0.05, 0.1) is 22.1 Å². The van der Waals surface area contributed by atoms with E-state index in [0.29, 0.717) is 12.2 Å². The lowest BCUT2D eigenvalue weighted by Gasteiger charge is -2.00. The van der Waals surface area contributed by atoms with Gasteiger partial charge in [-0.05, 0) is 43.7 Å². The molecule has 0 saturated heterocycles. The van der Waals surface area contributed by atoms with E-state index in [0.717, 1.165) is 31.7 Å². The van der Waals surface area contributed by atoms with E-state index in [1.807, 2.05) is 48.7 Å². The summed E-state index contributed by atoms with van der Waals surface area (Å²) in [5, 5.41) is 6.05. The van der Waals surface area contributed by atoms with Crippen molar-refractivity contribution in [3.05, 3.63) is 63.2 Å². The lowest BCUT2D eigenvalue weighted by molar-refractivity contribution is 0.0947. The van der Waals surface area contributed by atoms with Gasteiger partial charge in [0.15, 0.2) is 0 Å². The summed E-state index contributed by atoms with van der Waals surface area (Å²) < 4.78 is 1.86. The van der Waals surface area contributed by atoms with E-state index in [1.165, 1.54) is 0 Å². The number of carbonyl (C=O) groups excluding carboxylic acids is 1. The van der Waals surface area contributed by atoms with Gasteiger partial charge in [-0.3, -0.25) is 4.79 Å². The molecule has 25 heavy (non-hydrogen) atoms. The molecule has 0 saturated carbocycles. The lowest BCUT2D eigenvalue weighted by Crippen LogP contribution is -2.22. The van der Waals surface area contributed by atoms with Gasteiger partial charge in [-0.1, -0.05) is 0 Å². The molecule has 5 nitrogen and oxygen atoms in total. The first-order chi connectivity index (χ1) is 12.1. The molecule has 126 valence electrons. The predicted molar refractivity (Wildman–Crippen MR) is 101 cm³/mol. The minimum absolute atomic E-state index is 0.166. The summed E-state index contributed by atoms with van der Waals surface area (Å²) >= 11 is 3.29. The number of fused-ring (bicyclic) bond motifs is 1. The molecule has 0 aliphatic heterocycles. The highest BCUT2D eigenvalue weighted by molar-refractivity contribution is 7.16. The van der Waals surface area contributed by atoms with Crippen LogP contribution in [0.15, 0.2) is 42.0 Å². The second-order valence-corrected chi connectivity index (χ2v) is 8.03. The summed E-state index contributed by atoms with van der Waals surface area (Å²) in [5.74, 6) is -0.166. The largest absolute Gasteiger partial charge is 0.346 e. The topological polar surface area (TPSA) is 59.3 Å². The number of thiazole rings is 1. The zero-order chi connectivity index (χ0) is 17.4. The Balaban J connectivity index is 1.45. The maximum Gasteiger partial charge on any atom is 0.271 e. The molecule has 4 rings (SSSR count). The van der Waals surface area contributed by atoms with Crippen molar-refractivity contribution in [2.24, 2.45) is 0 Å². The number of amides is 1. The number of nitrogens with zero attached hydrogens (tertiary/aromatic N) is 3. The van der Waals surface area contributed by atoms with Crippen LogP contribution in [0.1, 0.15) is 25.9 Å². The van der Waals surface area contributed by atoms with E-state index in [1.54, 1.807) is 28.9 Å². The van der Waals surface area contributed by atoms with Gasteiger partial charge in [-0.15, -0.1) is 22.7 Å². The first-order valence-corrected chi connectivity index (χ1v) is 9.53. The maximum absolute atomic E-state index is 12.4. The Bertz CT molecular complexity index is 1060. The molecule has 0 radical (unpaired) electrons.